The molecule has 0 N–H and O–H groups in total. The molecule has 1 aliphatic rings. The van der Waals surface area contributed by atoms with Gasteiger partial charge in [0.25, 0.3) is 5.91 Å². The molecule has 0 saturated heterocycles. The Hall–Kier alpha value is -1.87. The highest BCUT2D eigenvalue weighted by Gasteiger charge is 2.35. The Labute approximate surface area is 149 Å². The standard InChI is InChI=1S/C20H24ClNO2/c1-4-6-16-9-12-19(15-7-10-17(21)11-8-15)22(20(16)24)18(5-2)13-14(3)23/h4,7-11,18-19H,1,5-6,12-13H2,2-3H3. The van der Waals surface area contributed by atoms with E-state index in [4.69, 9.17) is 11.6 Å². The molecule has 0 saturated carbocycles. The number of Topliss-reactive ketones (excluding diaryl/α,β-unsaturated/α-hetero) is 1. The van der Waals surface area contributed by atoms with Crippen LogP contribution in [0.15, 0.2) is 48.6 Å². The maximum atomic E-state index is 13.0. The minimum Gasteiger partial charge on any atom is -0.328 e. The second kappa shape index (κ2) is 8.29. The summed E-state index contributed by atoms with van der Waals surface area (Å²) in [6, 6.07) is 7.44. The van der Waals surface area contributed by atoms with E-state index < -0.39 is 0 Å². The zero-order valence-electron chi connectivity index (χ0n) is 14.3. The van der Waals surface area contributed by atoms with Gasteiger partial charge in [0.1, 0.15) is 5.78 Å². The highest BCUT2D eigenvalue weighted by Crippen LogP contribution is 2.35. The molecule has 24 heavy (non-hydrogen) atoms. The molecular formula is C20H24ClNO2. The third kappa shape index (κ3) is 4.15. The van der Waals surface area contributed by atoms with Crippen LogP contribution in [0.25, 0.3) is 0 Å². The number of carbonyl (C=O) groups excluding carboxylic acids is 2. The first-order valence-electron chi connectivity index (χ1n) is 8.35. The molecule has 0 bridgehead atoms. The molecule has 2 unspecified atom stereocenters. The normalized spacial score (nSPS) is 19.0. The summed E-state index contributed by atoms with van der Waals surface area (Å²) in [5.41, 5.74) is 1.81. The summed E-state index contributed by atoms with van der Waals surface area (Å²) in [5.74, 6) is 0.110. The second-order valence-corrected chi connectivity index (χ2v) is 6.64. The van der Waals surface area contributed by atoms with Gasteiger partial charge in [-0.25, -0.2) is 0 Å². The highest BCUT2D eigenvalue weighted by molar-refractivity contribution is 6.30. The smallest absolute Gasteiger partial charge is 0.250 e. The summed E-state index contributed by atoms with van der Waals surface area (Å²) < 4.78 is 0. The van der Waals surface area contributed by atoms with E-state index in [-0.39, 0.29) is 23.8 Å². The van der Waals surface area contributed by atoms with E-state index in [1.807, 2.05) is 42.2 Å². The van der Waals surface area contributed by atoms with Crippen LogP contribution in [-0.4, -0.2) is 22.6 Å². The third-order valence-corrected chi connectivity index (χ3v) is 4.69. The summed E-state index contributed by atoms with van der Waals surface area (Å²) in [5, 5.41) is 0.672. The van der Waals surface area contributed by atoms with Crippen molar-refractivity contribution in [3.63, 3.8) is 0 Å². The summed E-state index contributed by atoms with van der Waals surface area (Å²) in [6.07, 6.45) is 6.17. The fourth-order valence-corrected chi connectivity index (χ4v) is 3.39. The van der Waals surface area contributed by atoms with Crippen LogP contribution in [0.4, 0.5) is 0 Å². The van der Waals surface area contributed by atoms with Gasteiger partial charge in [-0.15, -0.1) is 6.58 Å². The maximum Gasteiger partial charge on any atom is 0.250 e. The van der Waals surface area contributed by atoms with Crippen LogP contribution in [0, 0.1) is 0 Å². The minimum absolute atomic E-state index is 0.00852. The molecular weight excluding hydrogens is 322 g/mol. The van der Waals surface area contributed by atoms with Crippen LogP contribution in [0.3, 0.4) is 0 Å². The molecule has 0 aromatic heterocycles. The zero-order valence-corrected chi connectivity index (χ0v) is 15.1. The van der Waals surface area contributed by atoms with Gasteiger partial charge in [0.05, 0.1) is 6.04 Å². The van der Waals surface area contributed by atoms with Gasteiger partial charge >= 0.3 is 0 Å². The van der Waals surface area contributed by atoms with Gasteiger partial charge < -0.3 is 4.90 Å². The molecule has 4 heteroatoms. The summed E-state index contributed by atoms with van der Waals surface area (Å²) in [4.78, 5) is 26.6. The molecule has 0 radical (unpaired) electrons. The lowest BCUT2D eigenvalue weighted by Crippen LogP contribution is -2.46. The van der Waals surface area contributed by atoms with E-state index in [1.165, 1.54) is 0 Å². The van der Waals surface area contributed by atoms with Crippen molar-refractivity contribution in [1.82, 2.24) is 4.90 Å². The van der Waals surface area contributed by atoms with E-state index in [9.17, 15) is 9.59 Å². The number of ketones is 1. The average Bonchev–Trinajstić information content (AvgIpc) is 2.55. The Balaban J connectivity index is 2.41. The highest BCUT2D eigenvalue weighted by atomic mass is 35.5. The lowest BCUT2D eigenvalue weighted by molar-refractivity contribution is -0.134. The molecule has 2 atom stereocenters. The Morgan fingerprint density at radius 3 is 2.62 bits per heavy atom. The maximum absolute atomic E-state index is 13.0. The fourth-order valence-electron chi connectivity index (χ4n) is 3.26. The van der Waals surface area contributed by atoms with E-state index in [2.05, 4.69) is 6.58 Å². The van der Waals surface area contributed by atoms with Crippen molar-refractivity contribution in [1.29, 1.82) is 0 Å². The predicted octanol–water partition coefficient (Wildman–Crippen LogP) is 4.87. The van der Waals surface area contributed by atoms with Crippen LogP contribution in [-0.2, 0) is 9.59 Å². The molecule has 1 aliphatic heterocycles. The van der Waals surface area contributed by atoms with E-state index in [0.29, 0.717) is 17.9 Å². The van der Waals surface area contributed by atoms with E-state index >= 15 is 0 Å². The van der Waals surface area contributed by atoms with Crippen LogP contribution < -0.4 is 0 Å². The molecule has 2 rings (SSSR count). The van der Waals surface area contributed by atoms with Gasteiger partial charge in [0.2, 0.25) is 0 Å². The SMILES string of the molecule is C=CCC1=CCC(c2ccc(Cl)cc2)N(C(CC)CC(C)=O)C1=O. The van der Waals surface area contributed by atoms with Crippen molar-refractivity contribution in [2.24, 2.45) is 0 Å². The monoisotopic (exact) mass is 345 g/mol. The summed E-state index contributed by atoms with van der Waals surface area (Å²) in [6.45, 7) is 7.33. The van der Waals surface area contributed by atoms with Gasteiger partial charge in [0.15, 0.2) is 0 Å². The van der Waals surface area contributed by atoms with Gasteiger partial charge in [-0.3, -0.25) is 9.59 Å². The lowest BCUT2D eigenvalue weighted by atomic mass is 9.91. The van der Waals surface area contributed by atoms with E-state index in [0.717, 1.165) is 24.0 Å². The summed E-state index contributed by atoms with van der Waals surface area (Å²) >= 11 is 5.99. The Morgan fingerprint density at radius 1 is 1.42 bits per heavy atom. The van der Waals surface area contributed by atoms with Crippen molar-refractivity contribution in [2.45, 2.75) is 51.6 Å². The van der Waals surface area contributed by atoms with Crippen LogP contribution in [0.1, 0.15) is 51.1 Å². The number of benzene rings is 1. The molecule has 0 fully saturated rings. The van der Waals surface area contributed by atoms with Crippen molar-refractivity contribution in [3.8, 4) is 0 Å². The number of hydrogen-bond donors (Lipinski definition) is 0. The third-order valence-electron chi connectivity index (χ3n) is 4.44. The first-order chi connectivity index (χ1) is 11.5. The number of rotatable bonds is 7. The van der Waals surface area contributed by atoms with Gasteiger partial charge in [0, 0.05) is 23.1 Å². The Kier molecular flexibility index (Phi) is 6.38. The molecule has 128 valence electrons. The van der Waals surface area contributed by atoms with Crippen molar-refractivity contribution >= 4 is 23.3 Å². The number of hydrogen-bond acceptors (Lipinski definition) is 2. The number of allylic oxidation sites excluding steroid dienone is 1. The van der Waals surface area contributed by atoms with Gasteiger partial charge in [-0.1, -0.05) is 42.8 Å². The summed E-state index contributed by atoms with van der Waals surface area (Å²) in [7, 11) is 0. The second-order valence-electron chi connectivity index (χ2n) is 6.21. The van der Waals surface area contributed by atoms with Crippen molar-refractivity contribution in [2.75, 3.05) is 0 Å². The number of carbonyl (C=O) groups is 2. The zero-order chi connectivity index (χ0) is 17.7. The molecule has 0 aliphatic carbocycles. The van der Waals surface area contributed by atoms with Crippen molar-refractivity contribution < 1.29 is 9.59 Å². The van der Waals surface area contributed by atoms with Crippen molar-refractivity contribution in [3.05, 3.63) is 59.2 Å². The number of halogens is 1. The molecule has 1 heterocycles. The average molecular weight is 346 g/mol. The van der Waals surface area contributed by atoms with Gasteiger partial charge in [-0.2, -0.15) is 0 Å². The lowest BCUT2D eigenvalue weighted by Gasteiger charge is -2.41. The predicted molar refractivity (Wildman–Crippen MR) is 97.9 cm³/mol. The van der Waals surface area contributed by atoms with Crippen LogP contribution in [0.2, 0.25) is 5.02 Å². The first kappa shape index (κ1) is 18.5. The van der Waals surface area contributed by atoms with E-state index in [1.54, 1.807) is 13.0 Å². The van der Waals surface area contributed by atoms with Crippen LogP contribution in [0.5, 0.6) is 0 Å². The molecule has 1 aromatic carbocycles. The number of nitrogens with zero attached hydrogens (tertiary/aromatic N) is 1. The largest absolute Gasteiger partial charge is 0.328 e. The topological polar surface area (TPSA) is 37.4 Å². The number of amides is 1. The molecule has 0 spiro atoms. The quantitative estimate of drug-likeness (QED) is 0.661. The Morgan fingerprint density at radius 2 is 2.08 bits per heavy atom. The van der Waals surface area contributed by atoms with Crippen LogP contribution >= 0.6 is 11.6 Å². The first-order valence-corrected chi connectivity index (χ1v) is 8.73. The Bertz CT molecular complexity index is 648. The molecule has 3 nitrogen and oxygen atoms in total. The minimum atomic E-state index is -0.0933. The van der Waals surface area contributed by atoms with Gasteiger partial charge in [-0.05, 0) is 43.9 Å². The molecule has 1 amide bonds. The molecule has 1 aromatic rings. The fraction of sp³-hybridized carbons (Fsp3) is 0.400.